The van der Waals surface area contributed by atoms with Crippen LogP contribution in [0, 0.1) is 11.3 Å². The van der Waals surface area contributed by atoms with Gasteiger partial charge in [-0.05, 0) is 29.2 Å². The zero-order valence-electron chi connectivity index (χ0n) is 17.4. The normalized spacial score (nSPS) is 10.2. The lowest BCUT2D eigenvalue weighted by Gasteiger charge is -2.15. The highest BCUT2D eigenvalue weighted by Gasteiger charge is 2.18. The highest BCUT2D eigenvalue weighted by molar-refractivity contribution is 6.34. The van der Waals surface area contributed by atoms with Crippen LogP contribution in [0.2, 0.25) is 5.02 Å². The third-order valence-corrected chi connectivity index (χ3v) is 5.03. The van der Waals surface area contributed by atoms with Crippen LogP contribution in [0.4, 0.5) is 11.5 Å². The first-order chi connectivity index (χ1) is 15.5. The van der Waals surface area contributed by atoms with Crippen LogP contribution < -0.4 is 10.6 Å². The highest BCUT2D eigenvalue weighted by Crippen LogP contribution is 2.30. The second kappa shape index (κ2) is 10.9. The van der Waals surface area contributed by atoms with E-state index >= 15 is 0 Å². The predicted octanol–water partition coefficient (Wildman–Crippen LogP) is 4.70. The molecule has 0 aliphatic carbocycles. The molecule has 1 heterocycles. The smallest absolute Gasteiger partial charge is 0.338 e. The van der Waals surface area contributed by atoms with Crippen molar-refractivity contribution in [3.63, 3.8) is 0 Å². The summed E-state index contributed by atoms with van der Waals surface area (Å²) in [6.45, 7) is 0.413. The van der Waals surface area contributed by atoms with Crippen molar-refractivity contribution in [2.45, 2.75) is 12.8 Å². The number of benzene rings is 2. The largest absolute Gasteiger partial charge is 0.465 e. The number of nitrogens with one attached hydrogen (secondary N) is 2. The van der Waals surface area contributed by atoms with Gasteiger partial charge in [0.2, 0.25) is 5.91 Å². The first-order valence-corrected chi connectivity index (χ1v) is 10.2. The lowest BCUT2D eigenvalue weighted by atomic mass is 9.94. The minimum Gasteiger partial charge on any atom is -0.465 e. The lowest BCUT2D eigenvalue weighted by Crippen LogP contribution is -2.16. The number of nitrogens with zero attached hydrogens (tertiary/aromatic N) is 2. The van der Waals surface area contributed by atoms with Crippen LogP contribution in [0.15, 0.2) is 60.8 Å². The first-order valence-electron chi connectivity index (χ1n) is 9.86. The molecule has 1 amide bonds. The van der Waals surface area contributed by atoms with E-state index in [9.17, 15) is 9.59 Å². The molecule has 7 nitrogen and oxygen atoms in total. The molecule has 0 atom stereocenters. The van der Waals surface area contributed by atoms with Crippen molar-refractivity contribution in [2.75, 3.05) is 24.3 Å². The molecule has 3 aromatic rings. The Morgan fingerprint density at radius 3 is 2.62 bits per heavy atom. The van der Waals surface area contributed by atoms with Gasteiger partial charge in [0.25, 0.3) is 0 Å². The summed E-state index contributed by atoms with van der Waals surface area (Å²) in [5.74, 6) is -0.513. The molecule has 0 saturated heterocycles. The molecule has 2 N–H and O–H groups in total. The number of carbonyl (C=O) groups is 2. The number of anilines is 2. The van der Waals surface area contributed by atoms with Crippen molar-refractivity contribution >= 4 is 35.0 Å². The molecule has 162 valence electrons. The quantitative estimate of drug-likeness (QED) is 0.484. The van der Waals surface area contributed by atoms with E-state index in [-0.39, 0.29) is 6.42 Å². The molecule has 0 aliphatic rings. The second-order valence-electron chi connectivity index (χ2n) is 6.77. The zero-order valence-corrected chi connectivity index (χ0v) is 18.1. The van der Waals surface area contributed by atoms with Gasteiger partial charge in [-0.3, -0.25) is 4.79 Å². The summed E-state index contributed by atoms with van der Waals surface area (Å²) in [6, 6.07) is 18.6. The number of nitriles is 1. The number of methoxy groups -OCH3 is 1. The Balaban J connectivity index is 1.83. The Hall–Kier alpha value is -3.89. The van der Waals surface area contributed by atoms with Gasteiger partial charge in [-0.2, -0.15) is 5.26 Å². The molecule has 0 spiro atoms. The number of aromatic nitrogens is 1. The monoisotopic (exact) mass is 448 g/mol. The molecule has 0 aliphatic heterocycles. The fraction of sp³-hybridized carbons (Fsp3) is 0.167. The molecule has 0 saturated carbocycles. The average molecular weight is 449 g/mol. The van der Waals surface area contributed by atoms with Crippen LogP contribution in [0.5, 0.6) is 0 Å². The molecule has 0 bridgehead atoms. The summed E-state index contributed by atoms with van der Waals surface area (Å²) >= 11 is 6.20. The van der Waals surface area contributed by atoms with Crippen molar-refractivity contribution < 1.29 is 14.3 Å². The molecule has 0 fully saturated rings. The van der Waals surface area contributed by atoms with Gasteiger partial charge < -0.3 is 15.4 Å². The van der Waals surface area contributed by atoms with Crippen LogP contribution in [0.3, 0.4) is 0 Å². The SMILES string of the molecule is COC(=O)c1c(CCNc2nccc(Cl)c2NC(=O)CC#N)cccc1-c1ccccc1. The van der Waals surface area contributed by atoms with Crippen LogP contribution in [-0.2, 0) is 16.0 Å². The van der Waals surface area contributed by atoms with E-state index in [1.54, 1.807) is 12.1 Å². The standard InChI is InChI=1S/C24H21ClN4O3/c1-32-24(31)21-17(8-5-9-18(21)16-6-3-2-4-7-16)11-14-27-23-22(19(25)12-15-28-23)29-20(30)10-13-26/h2-9,12,15H,10-11,14H2,1H3,(H,27,28)(H,29,30). The van der Waals surface area contributed by atoms with Crippen molar-refractivity contribution in [2.24, 2.45) is 0 Å². The Morgan fingerprint density at radius 1 is 1.12 bits per heavy atom. The van der Waals surface area contributed by atoms with E-state index in [1.807, 2.05) is 48.5 Å². The maximum atomic E-state index is 12.6. The zero-order chi connectivity index (χ0) is 22.9. The molecule has 1 aromatic heterocycles. The fourth-order valence-corrected chi connectivity index (χ4v) is 3.47. The summed E-state index contributed by atoms with van der Waals surface area (Å²) < 4.78 is 5.04. The summed E-state index contributed by atoms with van der Waals surface area (Å²) in [7, 11) is 1.36. The lowest BCUT2D eigenvalue weighted by molar-refractivity contribution is -0.115. The molecule has 3 rings (SSSR count). The minimum atomic E-state index is -0.478. The van der Waals surface area contributed by atoms with E-state index in [4.69, 9.17) is 21.6 Å². The molecule has 32 heavy (non-hydrogen) atoms. The summed E-state index contributed by atoms with van der Waals surface area (Å²) in [5, 5.41) is 14.8. The second-order valence-corrected chi connectivity index (χ2v) is 7.18. The molecular formula is C24H21ClN4O3. The fourth-order valence-electron chi connectivity index (χ4n) is 3.27. The van der Waals surface area contributed by atoms with Crippen molar-refractivity contribution in [3.8, 4) is 17.2 Å². The molecule has 0 unspecified atom stereocenters. The van der Waals surface area contributed by atoms with Crippen LogP contribution in [0.1, 0.15) is 22.3 Å². The Bertz CT molecular complexity index is 1160. The highest BCUT2D eigenvalue weighted by atomic mass is 35.5. The van der Waals surface area contributed by atoms with E-state index in [2.05, 4.69) is 15.6 Å². The van der Waals surface area contributed by atoms with Crippen LogP contribution >= 0.6 is 11.6 Å². The predicted molar refractivity (Wildman–Crippen MR) is 124 cm³/mol. The number of ether oxygens (including phenoxy) is 1. The molecule has 2 aromatic carbocycles. The number of esters is 1. The number of halogens is 1. The summed E-state index contributed by atoms with van der Waals surface area (Å²) in [4.78, 5) is 28.7. The van der Waals surface area contributed by atoms with Crippen LogP contribution in [0.25, 0.3) is 11.1 Å². The van der Waals surface area contributed by atoms with Gasteiger partial charge in [-0.1, -0.05) is 60.1 Å². The maximum Gasteiger partial charge on any atom is 0.338 e. The van der Waals surface area contributed by atoms with Crippen molar-refractivity contribution in [1.82, 2.24) is 4.98 Å². The number of hydrogen-bond acceptors (Lipinski definition) is 6. The van der Waals surface area contributed by atoms with Crippen molar-refractivity contribution in [3.05, 3.63) is 76.9 Å². The van der Waals surface area contributed by atoms with Gasteiger partial charge in [-0.15, -0.1) is 0 Å². The summed E-state index contributed by atoms with van der Waals surface area (Å²) in [5.41, 5.74) is 3.33. The van der Waals surface area contributed by atoms with E-state index in [0.717, 1.165) is 16.7 Å². The Morgan fingerprint density at radius 2 is 1.91 bits per heavy atom. The van der Waals surface area contributed by atoms with E-state index < -0.39 is 11.9 Å². The molecule has 0 radical (unpaired) electrons. The number of pyridine rings is 1. The van der Waals surface area contributed by atoms with E-state index in [0.29, 0.717) is 35.1 Å². The van der Waals surface area contributed by atoms with Crippen LogP contribution in [-0.4, -0.2) is 30.5 Å². The van der Waals surface area contributed by atoms with Gasteiger partial charge in [0.05, 0.1) is 23.8 Å². The van der Waals surface area contributed by atoms with Crippen molar-refractivity contribution in [1.29, 1.82) is 5.26 Å². The number of amides is 1. The van der Waals surface area contributed by atoms with Gasteiger partial charge in [0.15, 0.2) is 5.82 Å². The average Bonchev–Trinajstić information content (AvgIpc) is 2.81. The third kappa shape index (κ3) is 5.42. The minimum absolute atomic E-state index is 0.292. The molecule has 8 heteroatoms. The third-order valence-electron chi connectivity index (χ3n) is 4.72. The van der Waals surface area contributed by atoms with Gasteiger partial charge in [0, 0.05) is 12.7 Å². The Kier molecular flexibility index (Phi) is 7.79. The number of hydrogen-bond donors (Lipinski definition) is 2. The topological polar surface area (TPSA) is 104 Å². The molecular weight excluding hydrogens is 428 g/mol. The van der Waals surface area contributed by atoms with Gasteiger partial charge in [-0.25, -0.2) is 9.78 Å². The van der Waals surface area contributed by atoms with Gasteiger partial charge in [0.1, 0.15) is 12.1 Å². The van der Waals surface area contributed by atoms with Gasteiger partial charge >= 0.3 is 5.97 Å². The maximum absolute atomic E-state index is 12.6. The number of rotatable bonds is 8. The number of carbonyl (C=O) groups excluding carboxylic acids is 2. The Labute approximate surface area is 191 Å². The summed E-state index contributed by atoms with van der Waals surface area (Å²) in [6.07, 6.45) is 1.71. The van der Waals surface area contributed by atoms with E-state index in [1.165, 1.54) is 13.3 Å². The first kappa shape index (κ1) is 22.8.